The van der Waals surface area contributed by atoms with Gasteiger partial charge >= 0.3 is 0 Å². The minimum Gasteiger partial charge on any atom is -0.271 e. The molecule has 2 rings (SSSR count). The van der Waals surface area contributed by atoms with E-state index >= 15 is 0 Å². The van der Waals surface area contributed by atoms with Crippen molar-refractivity contribution >= 4 is 23.2 Å². The van der Waals surface area contributed by atoms with E-state index in [9.17, 15) is 4.39 Å². The molecule has 0 bridgehead atoms. The summed E-state index contributed by atoms with van der Waals surface area (Å²) in [5, 5.41) is 1.20. The monoisotopic (exact) mass is 312 g/mol. The van der Waals surface area contributed by atoms with Crippen LogP contribution in [0.2, 0.25) is 10.0 Å². The zero-order valence-electron chi connectivity index (χ0n) is 10.7. The number of hydrazine groups is 1. The van der Waals surface area contributed by atoms with Crippen molar-refractivity contribution in [2.24, 2.45) is 5.84 Å². The first kappa shape index (κ1) is 15.3. The number of nitrogens with one attached hydrogen (secondary N) is 1. The zero-order chi connectivity index (χ0) is 14.5. The summed E-state index contributed by atoms with van der Waals surface area (Å²) in [7, 11) is 0. The molecule has 2 nitrogen and oxygen atoms in total. The molecule has 0 aliphatic carbocycles. The van der Waals surface area contributed by atoms with Crippen molar-refractivity contribution in [3.05, 3.63) is 69.5 Å². The molecule has 2 aromatic carbocycles. The summed E-state index contributed by atoms with van der Waals surface area (Å²) in [6.45, 7) is 0. The maximum absolute atomic E-state index is 13.7. The zero-order valence-corrected chi connectivity index (χ0v) is 12.3. The Morgan fingerprint density at radius 2 is 1.65 bits per heavy atom. The van der Waals surface area contributed by atoms with Gasteiger partial charge in [-0.2, -0.15) is 0 Å². The summed E-state index contributed by atoms with van der Waals surface area (Å²) in [5.41, 5.74) is 4.35. The van der Waals surface area contributed by atoms with Crippen LogP contribution in [0.4, 0.5) is 4.39 Å². The van der Waals surface area contributed by atoms with Gasteiger partial charge in [-0.25, -0.2) is 4.39 Å². The van der Waals surface area contributed by atoms with E-state index in [0.29, 0.717) is 28.5 Å². The summed E-state index contributed by atoms with van der Waals surface area (Å²) in [6.07, 6.45) is 1.14. The van der Waals surface area contributed by atoms with Gasteiger partial charge in [0.2, 0.25) is 0 Å². The highest BCUT2D eigenvalue weighted by atomic mass is 35.5. The van der Waals surface area contributed by atoms with Gasteiger partial charge in [0.1, 0.15) is 5.82 Å². The fourth-order valence-corrected chi connectivity index (χ4v) is 2.38. The van der Waals surface area contributed by atoms with E-state index in [1.165, 1.54) is 12.1 Å². The third kappa shape index (κ3) is 4.18. The smallest absolute Gasteiger partial charge is 0.126 e. The van der Waals surface area contributed by atoms with Gasteiger partial charge in [0.05, 0.1) is 0 Å². The molecular weight excluding hydrogens is 298 g/mol. The highest BCUT2D eigenvalue weighted by Crippen LogP contribution is 2.18. The van der Waals surface area contributed by atoms with E-state index in [0.717, 1.165) is 5.56 Å². The molecule has 0 aromatic heterocycles. The van der Waals surface area contributed by atoms with Crippen LogP contribution in [0.25, 0.3) is 0 Å². The van der Waals surface area contributed by atoms with Gasteiger partial charge in [0.15, 0.2) is 0 Å². The van der Waals surface area contributed by atoms with E-state index in [2.05, 4.69) is 5.43 Å². The maximum Gasteiger partial charge on any atom is 0.126 e. The van der Waals surface area contributed by atoms with Crippen molar-refractivity contribution in [3.63, 3.8) is 0 Å². The van der Waals surface area contributed by atoms with Crippen LogP contribution in [-0.4, -0.2) is 6.04 Å². The van der Waals surface area contributed by atoms with Crippen LogP contribution in [0.3, 0.4) is 0 Å². The van der Waals surface area contributed by atoms with Gasteiger partial charge in [-0.05, 0) is 54.3 Å². The van der Waals surface area contributed by atoms with Gasteiger partial charge < -0.3 is 0 Å². The van der Waals surface area contributed by atoms with Gasteiger partial charge in [0, 0.05) is 16.1 Å². The van der Waals surface area contributed by atoms with Crippen LogP contribution in [-0.2, 0) is 12.8 Å². The molecule has 0 amide bonds. The third-order valence-electron chi connectivity index (χ3n) is 3.11. The van der Waals surface area contributed by atoms with E-state index < -0.39 is 0 Å². The minimum atomic E-state index is -0.272. The molecule has 0 saturated carbocycles. The highest BCUT2D eigenvalue weighted by Gasteiger charge is 2.12. The predicted octanol–water partition coefficient (Wildman–Crippen LogP) is 3.75. The normalized spacial score (nSPS) is 12.4. The molecule has 1 unspecified atom stereocenters. The lowest BCUT2D eigenvalue weighted by atomic mass is 9.99. The fourth-order valence-electron chi connectivity index (χ4n) is 2.06. The third-order valence-corrected chi connectivity index (χ3v) is 3.59. The maximum atomic E-state index is 13.7. The molecular formula is C15H15Cl2FN2. The highest BCUT2D eigenvalue weighted by molar-refractivity contribution is 6.30. The van der Waals surface area contributed by atoms with Gasteiger partial charge in [-0.3, -0.25) is 11.3 Å². The van der Waals surface area contributed by atoms with Gasteiger partial charge in [0.25, 0.3) is 0 Å². The van der Waals surface area contributed by atoms with E-state index in [1.54, 1.807) is 6.07 Å². The second-order valence-electron chi connectivity index (χ2n) is 4.63. The van der Waals surface area contributed by atoms with Crippen molar-refractivity contribution in [2.45, 2.75) is 18.9 Å². The van der Waals surface area contributed by atoms with Gasteiger partial charge in [-0.1, -0.05) is 35.3 Å². The van der Waals surface area contributed by atoms with E-state index in [4.69, 9.17) is 29.0 Å². The first-order chi connectivity index (χ1) is 9.58. The summed E-state index contributed by atoms with van der Waals surface area (Å²) in [6, 6.07) is 12.0. The quantitative estimate of drug-likeness (QED) is 0.652. The Bertz CT molecular complexity index is 573. The van der Waals surface area contributed by atoms with Crippen LogP contribution in [0.5, 0.6) is 0 Å². The van der Waals surface area contributed by atoms with Crippen molar-refractivity contribution in [3.8, 4) is 0 Å². The Kier molecular flexibility index (Phi) is 5.38. The van der Waals surface area contributed by atoms with Crippen LogP contribution in [0, 0.1) is 5.82 Å². The van der Waals surface area contributed by atoms with Crippen molar-refractivity contribution in [1.82, 2.24) is 5.43 Å². The topological polar surface area (TPSA) is 38.0 Å². The second kappa shape index (κ2) is 7.04. The Balaban J connectivity index is 2.08. The molecule has 0 fully saturated rings. The lowest BCUT2D eigenvalue weighted by molar-refractivity contribution is 0.506. The second-order valence-corrected chi connectivity index (χ2v) is 5.51. The molecule has 5 heteroatoms. The SMILES string of the molecule is NNC(Cc1ccc(Cl)cc1)Cc1cc(Cl)ccc1F. The summed E-state index contributed by atoms with van der Waals surface area (Å²) in [4.78, 5) is 0. The van der Waals surface area contributed by atoms with Crippen LogP contribution >= 0.6 is 23.2 Å². The first-order valence-electron chi connectivity index (χ1n) is 6.23. The van der Waals surface area contributed by atoms with Crippen LogP contribution in [0.1, 0.15) is 11.1 Å². The number of hydrogen-bond donors (Lipinski definition) is 2. The fraction of sp³-hybridized carbons (Fsp3) is 0.200. The molecule has 0 radical (unpaired) electrons. The lowest BCUT2D eigenvalue weighted by Gasteiger charge is -2.16. The molecule has 1 atom stereocenters. The van der Waals surface area contributed by atoms with Crippen molar-refractivity contribution < 1.29 is 4.39 Å². The molecule has 0 aliphatic heterocycles. The molecule has 0 saturated heterocycles. The van der Waals surface area contributed by atoms with Gasteiger partial charge in [-0.15, -0.1) is 0 Å². The van der Waals surface area contributed by atoms with Crippen molar-refractivity contribution in [2.75, 3.05) is 0 Å². The minimum absolute atomic E-state index is 0.0795. The summed E-state index contributed by atoms with van der Waals surface area (Å²) in [5.74, 6) is 5.28. The summed E-state index contributed by atoms with van der Waals surface area (Å²) < 4.78 is 13.7. The molecule has 20 heavy (non-hydrogen) atoms. The first-order valence-corrected chi connectivity index (χ1v) is 6.98. The number of hydrogen-bond acceptors (Lipinski definition) is 2. The number of rotatable bonds is 5. The Labute approximate surface area is 127 Å². The molecule has 3 N–H and O–H groups in total. The van der Waals surface area contributed by atoms with E-state index in [-0.39, 0.29) is 11.9 Å². The predicted molar refractivity (Wildman–Crippen MR) is 81.4 cm³/mol. The van der Waals surface area contributed by atoms with Crippen molar-refractivity contribution in [1.29, 1.82) is 0 Å². The molecule has 2 aromatic rings. The Hall–Kier alpha value is -1.13. The van der Waals surface area contributed by atoms with E-state index in [1.807, 2.05) is 24.3 Å². The number of benzene rings is 2. The average molecular weight is 313 g/mol. The average Bonchev–Trinajstić information content (AvgIpc) is 2.44. The molecule has 0 aliphatic rings. The molecule has 106 valence electrons. The molecule has 0 spiro atoms. The molecule has 0 heterocycles. The van der Waals surface area contributed by atoms with Crippen LogP contribution < -0.4 is 11.3 Å². The Morgan fingerprint density at radius 1 is 1.00 bits per heavy atom. The number of halogens is 3. The Morgan fingerprint density at radius 3 is 2.30 bits per heavy atom. The number of nitrogens with two attached hydrogens (primary N) is 1. The lowest BCUT2D eigenvalue weighted by Crippen LogP contribution is -2.38. The summed E-state index contributed by atoms with van der Waals surface area (Å²) >= 11 is 11.7. The largest absolute Gasteiger partial charge is 0.271 e. The van der Waals surface area contributed by atoms with Crippen LogP contribution in [0.15, 0.2) is 42.5 Å². The standard InChI is InChI=1S/C15H15Cl2FN2/c16-12-3-1-10(2-4-12)7-14(20-19)9-11-8-13(17)5-6-15(11)18/h1-6,8,14,20H,7,9,19H2.